The Hall–Kier alpha value is -0.560. The summed E-state index contributed by atoms with van der Waals surface area (Å²) in [6, 6.07) is 0. The number of ether oxygens (including phenoxy) is 1. The molecule has 0 bridgehead atoms. The molecule has 0 atom stereocenters. The highest BCUT2D eigenvalue weighted by Gasteiger charge is 2.26. The molecule has 0 aromatic rings. The molecule has 0 rings (SSSR count). The van der Waals surface area contributed by atoms with Gasteiger partial charge in [-0.1, -0.05) is 0 Å². The van der Waals surface area contributed by atoms with Crippen LogP contribution in [0.15, 0.2) is 0 Å². The molecule has 0 unspecified atom stereocenters. The molecule has 7 heteroatoms. The Morgan fingerprint density at radius 2 is 1.86 bits per heavy atom. The molecule has 0 saturated heterocycles. The molecular formula is C7H13F3N2OS. The number of alkyl halides is 3. The zero-order valence-electron chi connectivity index (χ0n) is 7.78. The summed E-state index contributed by atoms with van der Waals surface area (Å²) < 4.78 is 39.8. The Morgan fingerprint density at radius 1 is 1.29 bits per heavy atom. The van der Waals surface area contributed by atoms with E-state index in [0.717, 1.165) is 0 Å². The van der Waals surface area contributed by atoms with Crippen LogP contribution in [0.4, 0.5) is 13.2 Å². The predicted octanol–water partition coefficient (Wildman–Crippen LogP) is 1.05. The van der Waals surface area contributed by atoms with Crippen LogP contribution in [0, 0.1) is 0 Å². The zero-order valence-corrected chi connectivity index (χ0v) is 8.60. The van der Waals surface area contributed by atoms with E-state index in [9.17, 15) is 13.2 Å². The molecule has 0 saturated carbocycles. The maximum Gasteiger partial charge on any atom is 0.390 e. The van der Waals surface area contributed by atoms with E-state index in [2.05, 4.69) is 10.6 Å². The van der Waals surface area contributed by atoms with Crippen molar-refractivity contribution in [3.63, 3.8) is 0 Å². The average molecular weight is 230 g/mol. The van der Waals surface area contributed by atoms with Crippen LogP contribution < -0.4 is 10.6 Å². The summed E-state index contributed by atoms with van der Waals surface area (Å²) in [5, 5.41) is 5.35. The van der Waals surface area contributed by atoms with E-state index < -0.39 is 12.6 Å². The molecule has 0 amide bonds. The summed E-state index contributed by atoms with van der Waals surface area (Å²) in [5.41, 5.74) is 0. The molecule has 0 aromatic carbocycles. The third kappa shape index (κ3) is 9.53. The summed E-state index contributed by atoms with van der Waals surface area (Å²) in [6.45, 7) is 0.734. The predicted molar refractivity (Wildman–Crippen MR) is 51.2 cm³/mol. The van der Waals surface area contributed by atoms with E-state index in [4.69, 9.17) is 17.0 Å². The van der Waals surface area contributed by atoms with Crippen molar-refractivity contribution in [2.75, 3.05) is 26.8 Å². The van der Waals surface area contributed by atoms with E-state index in [1.807, 2.05) is 0 Å². The second kappa shape index (κ2) is 6.83. The van der Waals surface area contributed by atoms with Gasteiger partial charge in [-0.2, -0.15) is 13.2 Å². The van der Waals surface area contributed by atoms with E-state index in [1.165, 1.54) is 7.11 Å². The number of hydrogen-bond acceptors (Lipinski definition) is 2. The first kappa shape index (κ1) is 13.4. The molecule has 2 N–H and O–H groups in total. The lowest BCUT2D eigenvalue weighted by Gasteiger charge is -2.11. The van der Waals surface area contributed by atoms with Crippen LogP contribution in [0.2, 0.25) is 0 Å². The summed E-state index contributed by atoms with van der Waals surface area (Å²) in [7, 11) is 1.53. The van der Waals surface area contributed by atoms with Crippen LogP contribution >= 0.6 is 12.2 Å². The van der Waals surface area contributed by atoms with Crippen LogP contribution in [0.5, 0.6) is 0 Å². The van der Waals surface area contributed by atoms with E-state index in [-0.39, 0.29) is 11.7 Å². The van der Waals surface area contributed by atoms with Gasteiger partial charge in [-0.25, -0.2) is 0 Å². The van der Waals surface area contributed by atoms with Crippen LogP contribution in [0.25, 0.3) is 0 Å². The second-order valence-electron chi connectivity index (χ2n) is 2.54. The Labute approximate surface area is 86.0 Å². The Morgan fingerprint density at radius 3 is 2.36 bits per heavy atom. The number of methoxy groups -OCH3 is 1. The van der Waals surface area contributed by atoms with Gasteiger partial charge in [0.05, 0.1) is 13.0 Å². The summed E-state index contributed by atoms with van der Waals surface area (Å²) >= 11 is 4.71. The van der Waals surface area contributed by atoms with Gasteiger partial charge in [0.15, 0.2) is 5.11 Å². The Bertz CT molecular complexity index is 175. The summed E-state index contributed by atoms with van der Waals surface area (Å²) in [4.78, 5) is 0. The molecule has 0 spiro atoms. The first-order chi connectivity index (χ1) is 6.45. The van der Waals surface area contributed by atoms with Crippen molar-refractivity contribution in [2.45, 2.75) is 12.6 Å². The minimum absolute atomic E-state index is 0.206. The molecule has 0 heterocycles. The van der Waals surface area contributed by atoms with Gasteiger partial charge in [0.2, 0.25) is 0 Å². The van der Waals surface area contributed by atoms with Crippen molar-refractivity contribution in [3.8, 4) is 0 Å². The monoisotopic (exact) mass is 230 g/mol. The number of hydrogen-bond donors (Lipinski definition) is 2. The molecule has 0 radical (unpaired) electrons. The van der Waals surface area contributed by atoms with Crippen LogP contribution in [0.3, 0.4) is 0 Å². The van der Waals surface area contributed by atoms with Crippen LogP contribution in [-0.2, 0) is 4.74 Å². The van der Waals surface area contributed by atoms with Gasteiger partial charge in [-0.05, 0) is 12.2 Å². The second-order valence-corrected chi connectivity index (χ2v) is 2.95. The minimum Gasteiger partial charge on any atom is -0.383 e. The van der Waals surface area contributed by atoms with Crippen molar-refractivity contribution in [2.24, 2.45) is 0 Å². The Kier molecular flexibility index (Phi) is 6.56. The maximum atomic E-state index is 11.7. The molecule has 0 fully saturated rings. The highest BCUT2D eigenvalue weighted by molar-refractivity contribution is 7.80. The number of rotatable bonds is 5. The molecule has 0 aliphatic rings. The molecule has 0 aliphatic carbocycles. The molecule has 14 heavy (non-hydrogen) atoms. The highest BCUT2D eigenvalue weighted by Crippen LogP contribution is 2.17. The normalized spacial score (nSPS) is 11.1. The lowest BCUT2D eigenvalue weighted by Crippen LogP contribution is -2.38. The van der Waals surface area contributed by atoms with Crippen molar-refractivity contribution >= 4 is 17.3 Å². The van der Waals surface area contributed by atoms with E-state index >= 15 is 0 Å². The highest BCUT2D eigenvalue weighted by atomic mass is 32.1. The Balaban J connectivity index is 3.36. The molecule has 0 aliphatic heterocycles. The van der Waals surface area contributed by atoms with Crippen molar-refractivity contribution in [1.29, 1.82) is 0 Å². The largest absolute Gasteiger partial charge is 0.390 e. The molecule has 84 valence electrons. The number of thiocarbonyl (C=S) groups is 1. The topological polar surface area (TPSA) is 33.3 Å². The fourth-order valence-electron chi connectivity index (χ4n) is 0.647. The van der Waals surface area contributed by atoms with Crippen LogP contribution in [0.1, 0.15) is 6.42 Å². The van der Waals surface area contributed by atoms with E-state index in [1.54, 1.807) is 0 Å². The quantitative estimate of drug-likeness (QED) is 0.546. The molecule has 0 aromatic heterocycles. The standard InChI is InChI=1S/C7H13F3N2OS/c1-13-5-4-12-6(14)11-3-2-7(8,9)10/h2-5H2,1H3,(H2,11,12,14). The first-order valence-corrected chi connectivity index (χ1v) is 4.44. The smallest absolute Gasteiger partial charge is 0.383 e. The van der Waals surface area contributed by atoms with Crippen molar-refractivity contribution in [3.05, 3.63) is 0 Å². The number of nitrogens with one attached hydrogen (secondary N) is 2. The van der Waals surface area contributed by atoms with Gasteiger partial charge in [-0.3, -0.25) is 0 Å². The van der Waals surface area contributed by atoms with Crippen molar-refractivity contribution < 1.29 is 17.9 Å². The zero-order chi connectivity index (χ0) is 11.0. The number of halogens is 3. The van der Waals surface area contributed by atoms with Crippen molar-refractivity contribution in [1.82, 2.24) is 10.6 Å². The average Bonchev–Trinajstić information content (AvgIpc) is 2.02. The fraction of sp³-hybridized carbons (Fsp3) is 0.857. The van der Waals surface area contributed by atoms with Gasteiger partial charge in [0, 0.05) is 20.2 Å². The lowest BCUT2D eigenvalue weighted by atomic mass is 10.4. The first-order valence-electron chi connectivity index (χ1n) is 4.03. The SMILES string of the molecule is COCCNC(=S)NCCC(F)(F)F. The molecule has 3 nitrogen and oxygen atoms in total. The van der Waals surface area contributed by atoms with Crippen LogP contribution in [-0.4, -0.2) is 38.1 Å². The third-order valence-corrected chi connectivity index (χ3v) is 1.57. The van der Waals surface area contributed by atoms with Gasteiger partial charge >= 0.3 is 6.18 Å². The molecular weight excluding hydrogens is 217 g/mol. The maximum absolute atomic E-state index is 11.7. The minimum atomic E-state index is -4.14. The van der Waals surface area contributed by atoms with Gasteiger partial charge in [-0.15, -0.1) is 0 Å². The lowest BCUT2D eigenvalue weighted by molar-refractivity contribution is -0.132. The third-order valence-electron chi connectivity index (χ3n) is 1.29. The van der Waals surface area contributed by atoms with E-state index in [0.29, 0.717) is 13.2 Å². The summed E-state index contributed by atoms with van der Waals surface area (Å²) in [6.07, 6.45) is -5.03. The van der Waals surface area contributed by atoms with Gasteiger partial charge in [0.25, 0.3) is 0 Å². The van der Waals surface area contributed by atoms with Gasteiger partial charge in [0.1, 0.15) is 0 Å². The van der Waals surface area contributed by atoms with Gasteiger partial charge < -0.3 is 15.4 Å². The fourth-order valence-corrected chi connectivity index (χ4v) is 0.851. The summed E-state index contributed by atoms with van der Waals surface area (Å²) in [5.74, 6) is 0.